The first-order valence-corrected chi connectivity index (χ1v) is 11.9. The zero-order valence-corrected chi connectivity index (χ0v) is 19.2. The van der Waals surface area contributed by atoms with E-state index in [0.717, 1.165) is 15.6 Å². The van der Waals surface area contributed by atoms with Gasteiger partial charge >= 0.3 is 0 Å². The van der Waals surface area contributed by atoms with E-state index >= 15 is 0 Å². The Hall–Kier alpha value is -2.74. The predicted molar refractivity (Wildman–Crippen MR) is 124 cm³/mol. The van der Waals surface area contributed by atoms with Gasteiger partial charge in [0.15, 0.2) is 5.43 Å². The van der Waals surface area contributed by atoms with Gasteiger partial charge in [-0.3, -0.25) is 4.79 Å². The van der Waals surface area contributed by atoms with Gasteiger partial charge in [-0.2, -0.15) is 4.31 Å². The van der Waals surface area contributed by atoms with Gasteiger partial charge in [-0.05, 0) is 48.9 Å². The van der Waals surface area contributed by atoms with Crippen LogP contribution in [0, 0.1) is 6.92 Å². The first kappa shape index (κ1) is 21.5. The number of fused-ring (bicyclic) bond motifs is 1. The number of hydrogen-bond acceptors (Lipinski definition) is 4. The van der Waals surface area contributed by atoms with Gasteiger partial charge in [-0.25, -0.2) is 8.42 Å². The van der Waals surface area contributed by atoms with E-state index in [2.05, 4.69) is 15.9 Å². The van der Waals surface area contributed by atoms with Crippen LogP contribution in [-0.2, 0) is 23.1 Å². The van der Waals surface area contributed by atoms with Crippen LogP contribution in [0.15, 0.2) is 97.6 Å². The average molecular weight is 498 g/mol. The van der Waals surface area contributed by atoms with E-state index < -0.39 is 10.0 Å². The van der Waals surface area contributed by atoms with Crippen LogP contribution >= 0.6 is 15.9 Å². The van der Waals surface area contributed by atoms with Gasteiger partial charge in [0.05, 0.1) is 22.1 Å². The minimum atomic E-state index is -3.86. The van der Waals surface area contributed by atoms with Crippen LogP contribution in [0.25, 0.3) is 11.0 Å². The van der Waals surface area contributed by atoms with Gasteiger partial charge < -0.3 is 4.42 Å². The van der Waals surface area contributed by atoms with E-state index in [4.69, 9.17) is 4.42 Å². The summed E-state index contributed by atoms with van der Waals surface area (Å²) in [6.07, 6.45) is 1.36. The second kappa shape index (κ2) is 8.78. The predicted octanol–water partition coefficient (Wildman–Crippen LogP) is 5.26. The molecular formula is C24H20BrNO4S. The summed E-state index contributed by atoms with van der Waals surface area (Å²) in [7, 11) is -3.86. The number of nitrogens with zero attached hydrogens (tertiary/aromatic N) is 1. The molecule has 1 heterocycles. The van der Waals surface area contributed by atoms with Crippen molar-refractivity contribution in [2.75, 3.05) is 0 Å². The van der Waals surface area contributed by atoms with E-state index in [1.807, 2.05) is 43.3 Å². The third-order valence-corrected chi connectivity index (χ3v) is 7.33. The quantitative estimate of drug-likeness (QED) is 0.364. The molecule has 1 aromatic heterocycles. The van der Waals surface area contributed by atoms with Crippen molar-refractivity contribution in [2.24, 2.45) is 0 Å². The van der Waals surface area contributed by atoms with Gasteiger partial charge in [-0.15, -0.1) is 0 Å². The molecule has 0 bridgehead atoms. The van der Waals surface area contributed by atoms with Crippen LogP contribution in [-0.4, -0.2) is 12.7 Å². The lowest BCUT2D eigenvalue weighted by Crippen LogP contribution is -2.32. The van der Waals surface area contributed by atoms with Crippen molar-refractivity contribution in [1.82, 2.24) is 4.31 Å². The summed E-state index contributed by atoms with van der Waals surface area (Å²) in [5.41, 5.74) is 2.29. The zero-order valence-electron chi connectivity index (χ0n) is 16.8. The van der Waals surface area contributed by atoms with Gasteiger partial charge in [-0.1, -0.05) is 57.9 Å². The Bertz CT molecular complexity index is 1380. The molecule has 0 unspecified atom stereocenters. The fraction of sp³-hybridized carbons (Fsp3) is 0.125. The molecule has 158 valence electrons. The summed E-state index contributed by atoms with van der Waals surface area (Å²) in [5, 5.41) is 0.443. The largest absolute Gasteiger partial charge is 0.464 e. The fourth-order valence-electron chi connectivity index (χ4n) is 3.35. The number of rotatable bonds is 6. The summed E-state index contributed by atoms with van der Waals surface area (Å²) in [6.45, 7) is 1.93. The third-order valence-electron chi connectivity index (χ3n) is 5.00. The van der Waals surface area contributed by atoms with Crippen molar-refractivity contribution >= 4 is 36.9 Å². The Labute approximate surface area is 189 Å². The summed E-state index contributed by atoms with van der Waals surface area (Å²) >= 11 is 3.33. The lowest BCUT2D eigenvalue weighted by Gasteiger charge is -2.22. The zero-order chi connectivity index (χ0) is 22.0. The molecular weight excluding hydrogens is 478 g/mol. The highest BCUT2D eigenvalue weighted by atomic mass is 79.9. The molecule has 0 amide bonds. The maximum absolute atomic E-state index is 13.5. The molecule has 0 aliphatic rings. The topological polar surface area (TPSA) is 67.6 Å². The molecule has 4 rings (SSSR count). The molecule has 0 fully saturated rings. The van der Waals surface area contributed by atoms with Crippen molar-refractivity contribution in [3.63, 3.8) is 0 Å². The Balaban J connectivity index is 1.78. The number of benzene rings is 3. The fourth-order valence-corrected chi connectivity index (χ4v) is 5.02. The highest BCUT2D eigenvalue weighted by Gasteiger charge is 2.26. The average Bonchev–Trinajstić information content (AvgIpc) is 2.76. The van der Waals surface area contributed by atoms with Gasteiger partial charge in [0.25, 0.3) is 0 Å². The Morgan fingerprint density at radius 3 is 2.35 bits per heavy atom. The molecule has 0 N–H and O–H groups in total. The van der Waals surface area contributed by atoms with Crippen LogP contribution < -0.4 is 5.43 Å². The highest BCUT2D eigenvalue weighted by molar-refractivity contribution is 9.10. The van der Waals surface area contributed by atoms with Crippen LogP contribution in [0.1, 0.15) is 16.7 Å². The summed E-state index contributed by atoms with van der Waals surface area (Å²) in [4.78, 5) is 13.2. The van der Waals surface area contributed by atoms with E-state index in [1.54, 1.807) is 36.4 Å². The van der Waals surface area contributed by atoms with Crippen LogP contribution in [0.5, 0.6) is 0 Å². The molecule has 3 aromatic carbocycles. The van der Waals surface area contributed by atoms with Gasteiger partial charge in [0, 0.05) is 17.6 Å². The van der Waals surface area contributed by atoms with Crippen molar-refractivity contribution in [3.8, 4) is 0 Å². The van der Waals surface area contributed by atoms with E-state index in [1.165, 1.54) is 10.6 Å². The Morgan fingerprint density at radius 2 is 1.65 bits per heavy atom. The second-order valence-corrected chi connectivity index (χ2v) is 10.2. The first-order chi connectivity index (χ1) is 14.8. The van der Waals surface area contributed by atoms with E-state index in [9.17, 15) is 13.2 Å². The third kappa shape index (κ3) is 4.63. The summed E-state index contributed by atoms with van der Waals surface area (Å²) in [6, 6.07) is 21.1. The lowest BCUT2D eigenvalue weighted by molar-refractivity contribution is 0.396. The smallest absolute Gasteiger partial charge is 0.243 e. The maximum atomic E-state index is 13.5. The number of hydrogen-bond donors (Lipinski definition) is 0. The highest BCUT2D eigenvalue weighted by Crippen LogP contribution is 2.23. The maximum Gasteiger partial charge on any atom is 0.243 e. The molecule has 0 atom stereocenters. The minimum Gasteiger partial charge on any atom is -0.464 e. The number of aryl methyl sites for hydroxylation is 1. The van der Waals surface area contributed by atoms with Gasteiger partial charge in [0.1, 0.15) is 5.58 Å². The van der Waals surface area contributed by atoms with Crippen LogP contribution in [0.2, 0.25) is 0 Å². The van der Waals surface area contributed by atoms with Crippen LogP contribution in [0.3, 0.4) is 0 Å². The molecule has 0 saturated carbocycles. The molecule has 0 aliphatic heterocycles. The standard InChI is InChI=1S/C24H20BrNO4S/c1-17-7-12-23-22(13-17)24(27)19(16-30-23)15-26(14-18-5-3-2-4-6-18)31(28,29)21-10-8-20(25)9-11-21/h2-13,16H,14-15H2,1H3. The lowest BCUT2D eigenvalue weighted by atomic mass is 10.1. The summed E-state index contributed by atoms with van der Waals surface area (Å²) in [5.74, 6) is 0. The van der Waals surface area contributed by atoms with E-state index in [-0.39, 0.29) is 29.0 Å². The molecule has 0 spiro atoms. The monoisotopic (exact) mass is 497 g/mol. The second-order valence-electron chi connectivity index (χ2n) is 7.30. The van der Waals surface area contributed by atoms with Crippen molar-refractivity contribution < 1.29 is 12.8 Å². The number of sulfonamides is 1. The Kier molecular flexibility index (Phi) is 6.09. The molecule has 0 saturated heterocycles. The molecule has 7 heteroatoms. The summed E-state index contributed by atoms with van der Waals surface area (Å²) < 4.78 is 34.6. The van der Waals surface area contributed by atoms with Gasteiger partial charge in [0.2, 0.25) is 10.0 Å². The SMILES string of the molecule is Cc1ccc2occ(CN(Cc3ccccc3)S(=O)(=O)c3ccc(Br)cc3)c(=O)c2c1. The first-order valence-electron chi connectivity index (χ1n) is 9.65. The molecule has 5 nitrogen and oxygen atoms in total. The molecule has 4 aromatic rings. The minimum absolute atomic E-state index is 0.0977. The van der Waals surface area contributed by atoms with Crippen molar-refractivity contribution in [2.45, 2.75) is 24.9 Å². The van der Waals surface area contributed by atoms with Crippen molar-refractivity contribution in [1.29, 1.82) is 0 Å². The molecule has 0 radical (unpaired) electrons. The Morgan fingerprint density at radius 1 is 0.935 bits per heavy atom. The van der Waals surface area contributed by atoms with E-state index in [0.29, 0.717) is 11.0 Å². The van der Waals surface area contributed by atoms with Crippen LogP contribution in [0.4, 0.5) is 0 Å². The molecule has 31 heavy (non-hydrogen) atoms. The normalized spacial score (nSPS) is 11.8. The number of halogens is 1. The molecule has 0 aliphatic carbocycles. The van der Waals surface area contributed by atoms with Crippen molar-refractivity contribution in [3.05, 3.63) is 110 Å².